The van der Waals surface area contributed by atoms with Crippen molar-refractivity contribution in [3.63, 3.8) is 0 Å². The Balaban J connectivity index is 1.49. The van der Waals surface area contributed by atoms with Crippen LogP contribution in [0.3, 0.4) is 0 Å². The van der Waals surface area contributed by atoms with Gasteiger partial charge >= 0.3 is 0 Å². The van der Waals surface area contributed by atoms with E-state index >= 15 is 0 Å². The normalized spacial score (nSPS) is 58.4. The molecule has 0 aromatic heterocycles. The third kappa shape index (κ3) is 1.72. The lowest BCUT2D eigenvalue weighted by molar-refractivity contribution is -0.119. The molecule has 6 rings (SSSR count). The highest BCUT2D eigenvalue weighted by Crippen LogP contribution is 2.88. The number of hydrogen-bond acceptors (Lipinski definition) is 2. The van der Waals surface area contributed by atoms with Crippen molar-refractivity contribution in [2.45, 2.75) is 58.8 Å². The van der Waals surface area contributed by atoms with Crippen molar-refractivity contribution >= 4 is 5.78 Å². The average Bonchev–Trinajstić information content (AvgIpc) is 3.60. The van der Waals surface area contributed by atoms with Gasteiger partial charge in [-0.15, -0.1) is 13.2 Å². The van der Waals surface area contributed by atoms with Crippen molar-refractivity contribution in [1.82, 2.24) is 0 Å². The molecular weight excluding hydrogens is 354 g/mol. The van der Waals surface area contributed by atoms with Crippen LogP contribution in [0.25, 0.3) is 0 Å². The van der Waals surface area contributed by atoms with E-state index in [-0.39, 0.29) is 21.7 Å². The maximum Gasteiger partial charge on any atom is 0.155 e. The summed E-state index contributed by atoms with van der Waals surface area (Å²) in [5.74, 6) is 4.40. The van der Waals surface area contributed by atoms with Gasteiger partial charge in [0.2, 0.25) is 0 Å². The first-order valence-corrected chi connectivity index (χ1v) is 11.7. The van der Waals surface area contributed by atoms with Crippen LogP contribution < -0.4 is 0 Å². The number of hydrogen-bond donors (Lipinski definition) is 0. The van der Waals surface area contributed by atoms with Gasteiger partial charge in [-0.2, -0.15) is 5.26 Å². The van der Waals surface area contributed by atoms with E-state index in [1.165, 1.54) is 18.4 Å². The summed E-state index contributed by atoms with van der Waals surface area (Å²) in [5.41, 5.74) is 1.43. The van der Waals surface area contributed by atoms with E-state index in [0.717, 1.165) is 43.9 Å². The molecule has 0 spiro atoms. The summed E-state index contributed by atoms with van der Waals surface area (Å²) in [5, 5.41) is 10.6. The standard InChI is InChI=1S/C27H33NO/c1-5-9-27(15-28)25(4)11-8-19-22(23(25)21-14-26(21,27)6-2)18-13-17(18)20-12-16(29)7-10-24(19,20)3/h5-6,12,17-19,21-23H,1-2,7-11,13-14H2,3-4H3. The fourth-order valence-corrected chi connectivity index (χ4v) is 9.97. The van der Waals surface area contributed by atoms with Crippen molar-refractivity contribution in [1.29, 1.82) is 5.26 Å². The molecule has 0 aliphatic heterocycles. The van der Waals surface area contributed by atoms with Gasteiger partial charge in [0.15, 0.2) is 5.78 Å². The summed E-state index contributed by atoms with van der Waals surface area (Å²) in [6, 6.07) is 2.90. The van der Waals surface area contributed by atoms with Crippen LogP contribution in [-0.2, 0) is 4.79 Å². The highest BCUT2D eigenvalue weighted by molar-refractivity contribution is 5.92. The molecule has 0 bridgehead atoms. The van der Waals surface area contributed by atoms with Gasteiger partial charge in [0, 0.05) is 11.8 Å². The zero-order valence-corrected chi connectivity index (χ0v) is 17.9. The molecule has 0 amide bonds. The van der Waals surface area contributed by atoms with Crippen molar-refractivity contribution in [2.75, 3.05) is 0 Å². The van der Waals surface area contributed by atoms with E-state index in [1.54, 1.807) is 0 Å². The second-order valence-electron chi connectivity index (χ2n) is 11.7. The van der Waals surface area contributed by atoms with Gasteiger partial charge in [-0.05, 0) is 90.9 Å². The summed E-state index contributed by atoms with van der Waals surface area (Å²) < 4.78 is 0. The zero-order chi connectivity index (χ0) is 20.4. The van der Waals surface area contributed by atoms with Gasteiger partial charge < -0.3 is 0 Å². The van der Waals surface area contributed by atoms with E-state index < -0.39 is 0 Å². The zero-order valence-electron chi connectivity index (χ0n) is 17.9. The van der Waals surface area contributed by atoms with Crippen LogP contribution in [0.15, 0.2) is 37.0 Å². The van der Waals surface area contributed by atoms with E-state index in [9.17, 15) is 10.1 Å². The molecule has 0 saturated heterocycles. The van der Waals surface area contributed by atoms with E-state index in [4.69, 9.17) is 0 Å². The largest absolute Gasteiger partial charge is 0.295 e. The second kappa shape index (κ2) is 5.16. The van der Waals surface area contributed by atoms with E-state index in [0.29, 0.717) is 29.5 Å². The van der Waals surface area contributed by atoms with Crippen molar-refractivity contribution in [2.24, 2.45) is 57.2 Å². The smallest absolute Gasteiger partial charge is 0.155 e. The molecule has 6 aliphatic carbocycles. The molecule has 2 nitrogen and oxygen atoms in total. The van der Waals surface area contributed by atoms with Crippen LogP contribution in [0.1, 0.15) is 58.8 Å². The first-order valence-electron chi connectivity index (χ1n) is 11.7. The number of nitriles is 1. The Labute approximate surface area is 175 Å². The average molecular weight is 388 g/mol. The number of carbonyl (C=O) groups excluding carboxylic acids is 1. The molecule has 10 atom stereocenters. The van der Waals surface area contributed by atoms with Gasteiger partial charge in [-0.1, -0.05) is 31.6 Å². The van der Waals surface area contributed by atoms with Crippen LogP contribution >= 0.6 is 0 Å². The fraction of sp³-hybridized carbons (Fsp3) is 0.704. The highest BCUT2D eigenvalue weighted by Gasteiger charge is 2.84. The minimum Gasteiger partial charge on any atom is -0.295 e. The summed E-state index contributed by atoms with van der Waals surface area (Å²) in [6.45, 7) is 13.2. The van der Waals surface area contributed by atoms with Crippen molar-refractivity contribution in [3.8, 4) is 6.07 Å². The molecule has 0 aromatic carbocycles. The van der Waals surface area contributed by atoms with Crippen LogP contribution in [0, 0.1) is 68.5 Å². The maximum atomic E-state index is 12.2. The summed E-state index contributed by atoms with van der Waals surface area (Å²) in [7, 11) is 0. The lowest BCUT2D eigenvalue weighted by Crippen LogP contribution is -2.55. The Hall–Kier alpha value is -1.62. The van der Waals surface area contributed by atoms with Gasteiger partial charge in [0.25, 0.3) is 0 Å². The molecule has 0 heterocycles. The molecule has 2 heteroatoms. The molecule has 152 valence electrons. The summed E-state index contributed by atoms with van der Waals surface area (Å²) in [6.07, 6.45) is 13.6. The second-order valence-corrected chi connectivity index (χ2v) is 11.7. The van der Waals surface area contributed by atoms with E-state index in [1.807, 2.05) is 6.08 Å². The Morgan fingerprint density at radius 3 is 2.76 bits per heavy atom. The topological polar surface area (TPSA) is 40.9 Å². The van der Waals surface area contributed by atoms with Crippen LogP contribution in [-0.4, -0.2) is 5.78 Å². The van der Waals surface area contributed by atoms with Crippen molar-refractivity contribution in [3.05, 3.63) is 37.0 Å². The third-order valence-electron chi connectivity index (χ3n) is 11.3. The minimum atomic E-state index is -0.340. The number of ketones is 1. The van der Waals surface area contributed by atoms with Crippen LogP contribution in [0.2, 0.25) is 0 Å². The lowest BCUT2D eigenvalue weighted by Gasteiger charge is -2.60. The van der Waals surface area contributed by atoms with Gasteiger partial charge in [0.1, 0.15) is 0 Å². The maximum absolute atomic E-state index is 12.2. The molecule has 6 aliphatic rings. The van der Waals surface area contributed by atoms with Crippen LogP contribution in [0.4, 0.5) is 0 Å². The van der Waals surface area contributed by atoms with Gasteiger partial charge in [-0.3, -0.25) is 4.79 Å². The number of fused-ring (bicyclic) bond motifs is 10. The molecule has 29 heavy (non-hydrogen) atoms. The number of allylic oxidation sites excluding steroid dienone is 3. The first-order chi connectivity index (χ1) is 13.8. The third-order valence-corrected chi connectivity index (χ3v) is 11.3. The molecule has 10 unspecified atom stereocenters. The Morgan fingerprint density at radius 2 is 2.07 bits per heavy atom. The molecule has 5 saturated carbocycles. The molecule has 0 aromatic rings. The van der Waals surface area contributed by atoms with E-state index in [2.05, 4.69) is 45.2 Å². The van der Waals surface area contributed by atoms with Gasteiger partial charge in [0.05, 0.1) is 11.5 Å². The molecular formula is C27H33NO. The Morgan fingerprint density at radius 1 is 1.28 bits per heavy atom. The number of nitrogens with zero attached hydrogens (tertiary/aromatic N) is 1. The highest BCUT2D eigenvalue weighted by atomic mass is 16.1. The predicted molar refractivity (Wildman–Crippen MR) is 113 cm³/mol. The monoisotopic (exact) mass is 387 g/mol. The number of carbonyl (C=O) groups is 1. The van der Waals surface area contributed by atoms with Gasteiger partial charge in [-0.25, -0.2) is 0 Å². The molecule has 5 fully saturated rings. The fourth-order valence-electron chi connectivity index (χ4n) is 9.97. The quantitative estimate of drug-likeness (QED) is 0.568. The SMILES string of the molecule is C=CCC1(C#N)C2(C)CCC3C(C4CC4C4=CC(=O)CCC43C)C2C2CC21C=C. The summed E-state index contributed by atoms with van der Waals surface area (Å²) >= 11 is 0. The molecule has 0 radical (unpaired) electrons. The first kappa shape index (κ1) is 18.2. The predicted octanol–water partition coefficient (Wildman–Crippen LogP) is 5.87. The minimum absolute atomic E-state index is 0.00577. The Bertz CT molecular complexity index is 923. The summed E-state index contributed by atoms with van der Waals surface area (Å²) in [4.78, 5) is 12.2. The number of rotatable bonds is 3. The lowest BCUT2D eigenvalue weighted by atomic mass is 9.43. The molecule has 0 N–H and O–H groups in total. The Kier molecular flexibility index (Phi) is 3.23. The van der Waals surface area contributed by atoms with Crippen LogP contribution in [0.5, 0.6) is 0 Å². The van der Waals surface area contributed by atoms with Crippen molar-refractivity contribution < 1.29 is 4.79 Å².